The first-order chi connectivity index (χ1) is 9.54. The molecule has 1 heterocycles. The van der Waals surface area contributed by atoms with Crippen LogP contribution in [0.1, 0.15) is 23.0 Å². The molecule has 0 aliphatic rings. The van der Waals surface area contributed by atoms with E-state index in [1.54, 1.807) is 12.1 Å². The summed E-state index contributed by atoms with van der Waals surface area (Å²) in [6.07, 6.45) is 2.21. The number of pyridine rings is 1. The Morgan fingerprint density at radius 3 is 2.60 bits per heavy atom. The lowest BCUT2D eigenvalue weighted by Gasteiger charge is -2.13. The standard InChI is InChI=1S/C15H16ClN3O/c1-10(8-11-2-4-12(16)5-3-11)19-15(20)14-7-6-13(17)9-18-14/h2-7,9-10H,8,17H2,1H3,(H,19,20). The van der Waals surface area contributed by atoms with Gasteiger partial charge >= 0.3 is 0 Å². The molecule has 0 saturated carbocycles. The quantitative estimate of drug-likeness (QED) is 0.909. The minimum absolute atomic E-state index is 0.00280. The Morgan fingerprint density at radius 2 is 2.00 bits per heavy atom. The van der Waals surface area contributed by atoms with Crippen LogP contribution in [0.3, 0.4) is 0 Å². The van der Waals surface area contributed by atoms with E-state index in [9.17, 15) is 4.79 Å². The molecule has 1 amide bonds. The van der Waals surface area contributed by atoms with Crippen molar-refractivity contribution in [1.82, 2.24) is 10.3 Å². The Balaban J connectivity index is 1.93. The van der Waals surface area contributed by atoms with E-state index in [2.05, 4.69) is 10.3 Å². The topological polar surface area (TPSA) is 68.0 Å². The second-order valence-corrected chi connectivity index (χ2v) is 5.12. The van der Waals surface area contributed by atoms with Gasteiger partial charge in [-0.1, -0.05) is 23.7 Å². The van der Waals surface area contributed by atoms with Gasteiger partial charge in [0.2, 0.25) is 0 Å². The third kappa shape index (κ3) is 3.96. The first-order valence-corrected chi connectivity index (χ1v) is 6.69. The van der Waals surface area contributed by atoms with Crippen molar-refractivity contribution >= 4 is 23.2 Å². The van der Waals surface area contributed by atoms with E-state index in [4.69, 9.17) is 17.3 Å². The van der Waals surface area contributed by atoms with Gasteiger partial charge < -0.3 is 11.1 Å². The Hall–Kier alpha value is -2.07. The molecule has 4 nitrogen and oxygen atoms in total. The monoisotopic (exact) mass is 289 g/mol. The van der Waals surface area contributed by atoms with Crippen molar-refractivity contribution in [2.45, 2.75) is 19.4 Å². The molecule has 2 rings (SSSR count). The minimum Gasteiger partial charge on any atom is -0.397 e. The fourth-order valence-corrected chi connectivity index (χ4v) is 1.99. The number of nitrogen functional groups attached to an aromatic ring is 1. The van der Waals surface area contributed by atoms with Gasteiger partial charge in [0.15, 0.2) is 0 Å². The first kappa shape index (κ1) is 14.3. The number of carbonyl (C=O) groups is 1. The van der Waals surface area contributed by atoms with Crippen molar-refractivity contribution in [3.63, 3.8) is 0 Å². The molecule has 0 saturated heterocycles. The number of amides is 1. The van der Waals surface area contributed by atoms with Gasteiger partial charge in [-0.2, -0.15) is 0 Å². The summed E-state index contributed by atoms with van der Waals surface area (Å²) in [4.78, 5) is 16.0. The molecule has 0 spiro atoms. The molecule has 0 radical (unpaired) electrons. The highest BCUT2D eigenvalue weighted by Crippen LogP contribution is 2.11. The lowest BCUT2D eigenvalue weighted by molar-refractivity contribution is 0.0935. The number of rotatable bonds is 4. The number of anilines is 1. The highest BCUT2D eigenvalue weighted by Gasteiger charge is 2.11. The second-order valence-electron chi connectivity index (χ2n) is 4.68. The predicted molar refractivity (Wildman–Crippen MR) is 80.7 cm³/mol. The van der Waals surface area contributed by atoms with Crippen LogP contribution in [0.25, 0.3) is 0 Å². The summed E-state index contributed by atoms with van der Waals surface area (Å²) in [5.41, 5.74) is 7.56. The highest BCUT2D eigenvalue weighted by atomic mass is 35.5. The summed E-state index contributed by atoms with van der Waals surface area (Å²) in [6, 6.07) is 10.9. The van der Waals surface area contributed by atoms with Crippen LogP contribution in [0.4, 0.5) is 5.69 Å². The Kier molecular flexibility index (Phi) is 4.58. The highest BCUT2D eigenvalue weighted by molar-refractivity contribution is 6.30. The SMILES string of the molecule is CC(Cc1ccc(Cl)cc1)NC(=O)c1ccc(N)cn1. The molecule has 5 heteroatoms. The number of aromatic nitrogens is 1. The van der Waals surface area contributed by atoms with Crippen LogP contribution in [0, 0.1) is 0 Å². The maximum atomic E-state index is 12.0. The molecule has 3 N–H and O–H groups in total. The first-order valence-electron chi connectivity index (χ1n) is 6.31. The fraction of sp³-hybridized carbons (Fsp3) is 0.200. The Labute approximate surface area is 123 Å². The van der Waals surface area contributed by atoms with E-state index in [1.807, 2.05) is 31.2 Å². The van der Waals surface area contributed by atoms with E-state index < -0.39 is 0 Å². The molecule has 2 aromatic rings. The maximum Gasteiger partial charge on any atom is 0.270 e. The molecule has 1 aromatic carbocycles. The summed E-state index contributed by atoms with van der Waals surface area (Å²) >= 11 is 5.84. The van der Waals surface area contributed by atoms with Crippen molar-refractivity contribution in [2.24, 2.45) is 0 Å². The largest absolute Gasteiger partial charge is 0.397 e. The molecular weight excluding hydrogens is 274 g/mol. The number of nitrogens with zero attached hydrogens (tertiary/aromatic N) is 1. The zero-order chi connectivity index (χ0) is 14.5. The molecule has 20 heavy (non-hydrogen) atoms. The maximum absolute atomic E-state index is 12.0. The van der Waals surface area contributed by atoms with Crippen LogP contribution in [-0.2, 0) is 6.42 Å². The van der Waals surface area contributed by atoms with Crippen molar-refractivity contribution in [1.29, 1.82) is 0 Å². The normalized spacial score (nSPS) is 11.9. The van der Waals surface area contributed by atoms with Gasteiger partial charge in [0, 0.05) is 11.1 Å². The average Bonchev–Trinajstić information content (AvgIpc) is 2.42. The molecule has 1 unspecified atom stereocenters. The van der Waals surface area contributed by atoms with Crippen LogP contribution in [-0.4, -0.2) is 16.9 Å². The molecule has 104 valence electrons. The summed E-state index contributed by atoms with van der Waals surface area (Å²) in [6.45, 7) is 1.95. The van der Waals surface area contributed by atoms with Crippen LogP contribution < -0.4 is 11.1 Å². The summed E-state index contributed by atoms with van der Waals surface area (Å²) in [7, 11) is 0. The molecule has 0 fully saturated rings. The van der Waals surface area contributed by atoms with Crippen molar-refractivity contribution < 1.29 is 4.79 Å². The van der Waals surface area contributed by atoms with Gasteiger partial charge in [-0.15, -0.1) is 0 Å². The number of hydrogen-bond acceptors (Lipinski definition) is 3. The predicted octanol–water partition coefficient (Wildman–Crippen LogP) is 2.68. The summed E-state index contributed by atoms with van der Waals surface area (Å²) in [5.74, 6) is -0.202. The van der Waals surface area contributed by atoms with Gasteiger partial charge in [0.05, 0.1) is 11.9 Å². The van der Waals surface area contributed by atoms with E-state index in [0.717, 1.165) is 12.0 Å². The van der Waals surface area contributed by atoms with Gasteiger partial charge in [-0.05, 0) is 43.2 Å². The van der Waals surface area contributed by atoms with Crippen molar-refractivity contribution in [3.8, 4) is 0 Å². The molecule has 0 aliphatic carbocycles. The molecule has 0 aliphatic heterocycles. The third-order valence-electron chi connectivity index (χ3n) is 2.85. The van der Waals surface area contributed by atoms with Crippen LogP contribution in [0.2, 0.25) is 5.02 Å². The Morgan fingerprint density at radius 1 is 1.30 bits per heavy atom. The lowest BCUT2D eigenvalue weighted by Crippen LogP contribution is -2.34. The summed E-state index contributed by atoms with van der Waals surface area (Å²) < 4.78 is 0. The van der Waals surface area contributed by atoms with Gasteiger partial charge in [-0.25, -0.2) is 4.98 Å². The molecule has 1 aromatic heterocycles. The molecule has 0 bridgehead atoms. The average molecular weight is 290 g/mol. The Bertz CT molecular complexity index is 581. The van der Waals surface area contributed by atoms with Gasteiger partial charge in [0.1, 0.15) is 5.69 Å². The van der Waals surface area contributed by atoms with Gasteiger partial charge in [-0.3, -0.25) is 4.79 Å². The van der Waals surface area contributed by atoms with Crippen LogP contribution in [0.5, 0.6) is 0 Å². The van der Waals surface area contributed by atoms with E-state index >= 15 is 0 Å². The second kappa shape index (κ2) is 6.39. The van der Waals surface area contributed by atoms with Crippen LogP contribution in [0.15, 0.2) is 42.6 Å². The smallest absolute Gasteiger partial charge is 0.270 e. The van der Waals surface area contributed by atoms with E-state index in [1.165, 1.54) is 6.20 Å². The van der Waals surface area contributed by atoms with Crippen LogP contribution >= 0.6 is 11.6 Å². The number of nitrogens with one attached hydrogen (secondary N) is 1. The third-order valence-corrected chi connectivity index (χ3v) is 3.10. The fourth-order valence-electron chi connectivity index (χ4n) is 1.86. The molecular formula is C15H16ClN3O. The van der Waals surface area contributed by atoms with E-state index in [-0.39, 0.29) is 11.9 Å². The number of carbonyl (C=O) groups excluding carboxylic acids is 1. The summed E-state index contributed by atoms with van der Waals surface area (Å²) in [5, 5.41) is 3.61. The van der Waals surface area contributed by atoms with E-state index in [0.29, 0.717) is 16.4 Å². The van der Waals surface area contributed by atoms with Crippen molar-refractivity contribution in [3.05, 3.63) is 58.9 Å². The number of benzene rings is 1. The number of nitrogens with two attached hydrogens (primary N) is 1. The zero-order valence-corrected chi connectivity index (χ0v) is 11.9. The lowest BCUT2D eigenvalue weighted by atomic mass is 10.1. The number of hydrogen-bond donors (Lipinski definition) is 2. The van der Waals surface area contributed by atoms with Gasteiger partial charge in [0.25, 0.3) is 5.91 Å². The molecule has 1 atom stereocenters. The van der Waals surface area contributed by atoms with Crippen molar-refractivity contribution in [2.75, 3.05) is 5.73 Å². The zero-order valence-electron chi connectivity index (χ0n) is 11.1. The number of halogens is 1. The minimum atomic E-state index is -0.202.